The maximum atomic E-state index is 11.8. The summed E-state index contributed by atoms with van der Waals surface area (Å²) in [6, 6.07) is 9.10. The van der Waals surface area contributed by atoms with E-state index in [1.807, 2.05) is 32.0 Å². The van der Waals surface area contributed by atoms with Crippen LogP contribution in [-0.4, -0.2) is 17.1 Å². The lowest BCUT2D eigenvalue weighted by molar-refractivity contribution is -0.126. The summed E-state index contributed by atoms with van der Waals surface area (Å²) in [6.07, 6.45) is -0.351. The Morgan fingerprint density at radius 2 is 2.00 bits per heavy atom. The molecule has 1 aromatic rings. The molecule has 0 aliphatic carbocycles. The van der Waals surface area contributed by atoms with E-state index in [1.165, 1.54) is 0 Å². The molecule has 0 aliphatic heterocycles. The molecule has 17 heavy (non-hydrogen) atoms. The highest BCUT2D eigenvalue weighted by molar-refractivity contribution is 5.94. The predicted molar refractivity (Wildman–Crippen MR) is 69.7 cm³/mol. The van der Waals surface area contributed by atoms with Crippen molar-refractivity contribution >= 4 is 11.6 Å². The fraction of sp³-hybridized carbons (Fsp3) is 0.357. The van der Waals surface area contributed by atoms with Crippen LogP contribution < -0.4 is 5.32 Å². The van der Waals surface area contributed by atoms with Crippen LogP contribution in [0.15, 0.2) is 42.5 Å². The first-order chi connectivity index (χ1) is 8.06. The zero-order valence-electron chi connectivity index (χ0n) is 10.3. The third kappa shape index (κ3) is 3.71. The fourth-order valence-electron chi connectivity index (χ4n) is 1.76. The summed E-state index contributed by atoms with van der Waals surface area (Å²) in [5.41, 5.74) is 1.51. The lowest BCUT2D eigenvalue weighted by Gasteiger charge is -2.21. The number of aliphatic hydroxyl groups excluding tert-OH is 1. The van der Waals surface area contributed by atoms with E-state index >= 15 is 0 Å². The minimum atomic E-state index is -1.04. The first-order valence-corrected chi connectivity index (χ1v) is 5.75. The Morgan fingerprint density at radius 1 is 1.41 bits per heavy atom. The Morgan fingerprint density at radius 3 is 2.47 bits per heavy atom. The summed E-state index contributed by atoms with van der Waals surface area (Å²) < 4.78 is 0. The van der Waals surface area contributed by atoms with Crippen molar-refractivity contribution in [2.75, 3.05) is 5.32 Å². The molecule has 92 valence electrons. The number of benzene rings is 1. The number of carbonyl (C=O) groups excluding carboxylic acids is 1. The molecule has 0 heterocycles. The van der Waals surface area contributed by atoms with Crippen molar-refractivity contribution in [2.24, 2.45) is 5.92 Å². The lowest BCUT2D eigenvalue weighted by Crippen LogP contribution is -2.34. The van der Waals surface area contributed by atoms with Gasteiger partial charge in [0.05, 0.1) is 0 Å². The Kier molecular flexibility index (Phi) is 4.91. The molecule has 1 rings (SSSR count). The zero-order valence-corrected chi connectivity index (χ0v) is 10.3. The largest absolute Gasteiger partial charge is 0.383 e. The van der Waals surface area contributed by atoms with Crippen molar-refractivity contribution in [2.45, 2.75) is 26.4 Å². The minimum Gasteiger partial charge on any atom is -0.383 e. The number of para-hydroxylation sites is 1. The summed E-state index contributed by atoms with van der Waals surface area (Å²) in [4.78, 5) is 11.8. The molecule has 2 N–H and O–H groups in total. The second-order valence-corrected chi connectivity index (χ2v) is 4.16. The van der Waals surface area contributed by atoms with Gasteiger partial charge < -0.3 is 10.4 Å². The van der Waals surface area contributed by atoms with Crippen LogP contribution in [0, 0.1) is 5.92 Å². The third-order valence-corrected chi connectivity index (χ3v) is 2.76. The molecule has 2 atom stereocenters. The van der Waals surface area contributed by atoms with Gasteiger partial charge in [-0.25, -0.2) is 0 Å². The summed E-state index contributed by atoms with van der Waals surface area (Å²) in [5, 5.41) is 12.6. The summed E-state index contributed by atoms with van der Waals surface area (Å²) >= 11 is 0. The smallest absolute Gasteiger partial charge is 0.253 e. The van der Waals surface area contributed by atoms with Crippen LogP contribution >= 0.6 is 0 Å². The fourth-order valence-corrected chi connectivity index (χ4v) is 1.76. The van der Waals surface area contributed by atoms with Gasteiger partial charge in [-0.05, 0) is 25.5 Å². The normalized spacial score (nSPS) is 13.8. The van der Waals surface area contributed by atoms with Crippen LogP contribution in [0.4, 0.5) is 5.69 Å². The molecule has 0 aromatic heterocycles. The van der Waals surface area contributed by atoms with Crippen molar-refractivity contribution in [3.05, 3.63) is 42.5 Å². The Bertz CT molecular complexity index is 386. The monoisotopic (exact) mass is 233 g/mol. The molecular weight excluding hydrogens is 214 g/mol. The van der Waals surface area contributed by atoms with Gasteiger partial charge in [-0.15, -0.1) is 0 Å². The van der Waals surface area contributed by atoms with Crippen molar-refractivity contribution in [1.29, 1.82) is 0 Å². The van der Waals surface area contributed by atoms with Gasteiger partial charge in [-0.2, -0.15) is 0 Å². The first kappa shape index (κ1) is 13.5. The van der Waals surface area contributed by atoms with E-state index in [0.717, 1.165) is 5.57 Å². The van der Waals surface area contributed by atoms with Crippen LogP contribution in [0.3, 0.4) is 0 Å². The van der Waals surface area contributed by atoms with Gasteiger partial charge in [0.25, 0.3) is 5.91 Å². The van der Waals surface area contributed by atoms with Crippen molar-refractivity contribution < 1.29 is 9.90 Å². The molecule has 0 fully saturated rings. The van der Waals surface area contributed by atoms with Crippen LogP contribution in [0.5, 0.6) is 0 Å². The van der Waals surface area contributed by atoms with Crippen LogP contribution in [-0.2, 0) is 4.79 Å². The highest BCUT2D eigenvalue weighted by atomic mass is 16.3. The number of carbonyl (C=O) groups is 1. The molecule has 3 heteroatoms. The molecule has 0 bridgehead atoms. The number of amides is 1. The van der Waals surface area contributed by atoms with Gasteiger partial charge in [-0.3, -0.25) is 4.79 Å². The molecule has 0 radical (unpaired) electrons. The molecule has 1 amide bonds. The standard InChI is InChI=1S/C14H19NO2/c1-4-12(10(2)3)13(16)14(17)15-11-8-6-5-7-9-11/h5-9,12-13,16H,2,4H2,1,3H3,(H,15,17)/t12-,13+/m1/s1. The SMILES string of the molecule is C=C(C)[C@@H](CC)[C@H](O)C(=O)Nc1ccccc1. The zero-order chi connectivity index (χ0) is 12.8. The molecule has 0 saturated heterocycles. The maximum absolute atomic E-state index is 11.8. The number of hydrogen-bond donors (Lipinski definition) is 2. The van der Waals surface area contributed by atoms with Crippen molar-refractivity contribution in [1.82, 2.24) is 0 Å². The Hall–Kier alpha value is -1.61. The number of nitrogens with one attached hydrogen (secondary N) is 1. The quantitative estimate of drug-likeness (QED) is 0.768. The maximum Gasteiger partial charge on any atom is 0.253 e. The van der Waals surface area contributed by atoms with Gasteiger partial charge >= 0.3 is 0 Å². The van der Waals surface area contributed by atoms with Gasteiger partial charge in [-0.1, -0.05) is 37.3 Å². The average Bonchev–Trinajstić information content (AvgIpc) is 2.30. The third-order valence-electron chi connectivity index (χ3n) is 2.76. The summed E-state index contributed by atoms with van der Waals surface area (Å²) in [7, 11) is 0. The Labute approximate surface area is 102 Å². The molecule has 0 aliphatic rings. The molecule has 1 aromatic carbocycles. The minimum absolute atomic E-state index is 0.196. The number of rotatable bonds is 5. The van der Waals surface area contributed by atoms with E-state index in [9.17, 15) is 9.90 Å². The highest BCUT2D eigenvalue weighted by Gasteiger charge is 2.25. The number of hydrogen-bond acceptors (Lipinski definition) is 2. The predicted octanol–water partition coefficient (Wildman–Crippen LogP) is 2.59. The molecule has 0 unspecified atom stereocenters. The number of anilines is 1. The van der Waals surface area contributed by atoms with Gasteiger partial charge in [0.15, 0.2) is 0 Å². The van der Waals surface area contributed by atoms with Gasteiger partial charge in [0, 0.05) is 11.6 Å². The second-order valence-electron chi connectivity index (χ2n) is 4.16. The van der Waals surface area contributed by atoms with Gasteiger partial charge in [0.2, 0.25) is 0 Å². The molecule has 3 nitrogen and oxygen atoms in total. The summed E-state index contributed by atoms with van der Waals surface area (Å²) in [5.74, 6) is -0.579. The van der Waals surface area contributed by atoms with E-state index in [4.69, 9.17) is 0 Å². The second kappa shape index (κ2) is 6.21. The van der Waals surface area contributed by atoms with Gasteiger partial charge in [0.1, 0.15) is 6.10 Å². The van der Waals surface area contributed by atoms with E-state index < -0.39 is 6.10 Å². The molecule has 0 saturated carbocycles. The Balaban J connectivity index is 2.67. The molecule has 0 spiro atoms. The average molecular weight is 233 g/mol. The van der Waals surface area contributed by atoms with E-state index in [2.05, 4.69) is 11.9 Å². The summed E-state index contributed by atoms with van der Waals surface area (Å²) in [6.45, 7) is 7.55. The van der Waals surface area contributed by atoms with Crippen LogP contribution in [0.25, 0.3) is 0 Å². The van der Waals surface area contributed by atoms with E-state index in [1.54, 1.807) is 12.1 Å². The molecular formula is C14H19NO2. The first-order valence-electron chi connectivity index (χ1n) is 5.75. The number of aliphatic hydroxyl groups is 1. The highest BCUT2D eigenvalue weighted by Crippen LogP contribution is 2.18. The topological polar surface area (TPSA) is 49.3 Å². The van der Waals surface area contributed by atoms with Crippen LogP contribution in [0.1, 0.15) is 20.3 Å². The van der Waals surface area contributed by atoms with Crippen LogP contribution in [0.2, 0.25) is 0 Å². The van der Waals surface area contributed by atoms with E-state index in [0.29, 0.717) is 12.1 Å². The van der Waals surface area contributed by atoms with Crippen molar-refractivity contribution in [3.8, 4) is 0 Å². The lowest BCUT2D eigenvalue weighted by atomic mass is 9.92. The van der Waals surface area contributed by atoms with Crippen molar-refractivity contribution in [3.63, 3.8) is 0 Å². The van der Waals surface area contributed by atoms with E-state index in [-0.39, 0.29) is 11.8 Å².